The van der Waals surface area contributed by atoms with Crippen molar-refractivity contribution < 1.29 is 10.2 Å². The molecule has 0 saturated carbocycles. The van der Waals surface area contributed by atoms with E-state index in [4.69, 9.17) is 5.11 Å². The molecule has 0 radical (unpaired) electrons. The first kappa shape index (κ1) is 13.0. The van der Waals surface area contributed by atoms with Crippen LogP contribution in [-0.2, 0) is 6.54 Å². The summed E-state index contributed by atoms with van der Waals surface area (Å²) in [5.41, 5.74) is 0.918. The number of para-hydroxylation sites is 1. The fourth-order valence-corrected chi connectivity index (χ4v) is 1.70. The molecule has 0 aliphatic rings. The van der Waals surface area contributed by atoms with Gasteiger partial charge in [-0.05, 0) is 24.9 Å². The molecule has 3 nitrogen and oxygen atoms in total. The highest BCUT2D eigenvalue weighted by atomic mass is 16.3. The first-order valence-electron chi connectivity index (χ1n) is 5.86. The summed E-state index contributed by atoms with van der Waals surface area (Å²) in [7, 11) is 0. The third kappa shape index (κ3) is 4.21. The lowest BCUT2D eigenvalue weighted by molar-refractivity contribution is 0.251. The number of nitrogens with one attached hydrogen (secondary N) is 1. The Morgan fingerprint density at radius 3 is 2.69 bits per heavy atom. The van der Waals surface area contributed by atoms with Crippen LogP contribution in [0.25, 0.3) is 0 Å². The lowest BCUT2D eigenvalue weighted by atomic mass is 10.0. The number of aromatic hydroxyl groups is 1. The van der Waals surface area contributed by atoms with Gasteiger partial charge in [0, 0.05) is 18.7 Å². The predicted molar refractivity (Wildman–Crippen MR) is 65.3 cm³/mol. The SMILES string of the molecule is CCC(CCO)CNCc1ccccc1O. The maximum atomic E-state index is 9.56. The van der Waals surface area contributed by atoms with Gasteiger partial charge in [-0.3, -0.25) is 0 Å². The Bertz CT molecular complexity index is 302. The standard InChI is InChI=1S/C13H21NO2/c1-2-11(7-8-15)9-14-10-12-5-3-4-6-13(12)16/h3-6,11,14-16H,2,7-10H2,1H3. The van der Waals surface area contributed by atoms with Gasteiger partial charge in [0.25, 0.3) is 0 Å². The molecule has 16 heavy (non-hydrogen) atoms. The van der Waals surface area contributed by atoms with Crippen molar-refractivity contribution in [2.75, 3.05) is 13.2 Å². The van der Waals surface area contributed by atoms with Crippen LogP contribution in [0.2, 0.25) is 0 Å². The number of aliphatic hydroxyl groups is 1. The fraction of sp³-hybridized carbons (Fsp3) is 0.538. The first-order chi connectivity index (χ1) is 7.77. The summed E-state index contributed by atoms with van der Waals surface area (Å²) in [5, 5.41) is 21.7. The summed E-state index contributed by atoms with van der Waals surface area (Å²) < 4.78 is 0. The molecule has 0 saturated heterocycles. The zero-order valence-corrected chi connectivity index (χ0v) is 9.82. The summed E-state index contributed by atoms with van der Waals surface area (Å²) >= 11 is 0. The van der Waals surface area contributed by atoms with E-state index in [1.54, 1.807) is 6.07 Å². The number of phenols is 1. The number of phenolic OH excluding ortho intramolecular Hbond substituents is 1. The van der Waals surface area contributed by atoms with E-state index in [0.29, 0.717) is 18.2 Å². The number of hydrogen-bond acceptors (Lipinski definition) is 3. The van der Waals surface area contributed by atoms with Crippen molar-refractivity contribution in [2.24, 2.45) is 5.92 Å². The van der Waals surface area contributed by atoms with Crippen LogP contribution >= 0.6 is 0 Å². The molecule has 0 aliphatic heterocycles. The summed E-state index contributed by atoms with van der Waals surface area (Å²) in [5.74, 6) is 0.848. The highest BCUT2D eigenvalue weighted by molar-refractivity contribution is 5.31. The molecule has 0 bridgehead atoms. The third-order valence-corrected chi connectivity index (χ3v) is 2.85. The van der Waals surface area contributed by atoms with E-state index in [1.807, 2.05) is 18.2 Å². The molecule has 0 spiro atoms. The molecule has 0 amide bonds. The summed E-state index contributed by atoms with van der Waals surface area (Å²) in [6.45, 7) is 3.93. The van der Waals surface area contributed by atoms with Crippen LogP contribution in [-0.4, -0.2) is 23.4 Å². The molecular weight excluding hydrogens is 202 g/mol. The van der Waals surface area contributed by atoms with E-state index in [2.05, 4.69) is 12.2 Å². The average molecular weight is 223 g/mol. The van der Waals surface area contributed by atoms with Crippen molar-refractivity contribution in [2.45, 2.75) is 26.3 Å². The monoisotopic (exact) mass is 223 g/mol. The highest BCUT2D eigenvalue weighted by Crippen LogP contribution is 2.15. The number of benzene rings is 1. The second-order valence-electron chi connectivity index (χ2n) is 4.05. The van der Waals surface area contributed by atoms with Gasteiger partial charge in [-0.2, -0.15) is 0 Å². The van der Waals surface area contributed by atoms with Crippen LogP contribution < -0.4 is 5.32 Å². The maximum Gasteiger partial charge on any atom is 0.120 e. The van der Waals surface area contributed by atoms with Crippen molar-refractivity contribution in [3.8, 4) is 5.75 Å². The largest absolute Gasteiger partial charge is 0.508 e. The quantitative estimate of drug-likeness (QED) is 0.661. The van der Waals surface area contributed by atoms with Gasteiger partial charge in [0.15, 0.2) is 0 Å². The molecule has 1 aromatic carbocycles. The molecule has 1 unspecified atom stereocenters. The van der Waals surface area contributed by atoms with E-state index in [1.165, 1.54) is 0 Å². The minimum Gasteiger partial charge on any atom is -0.508 e. The zero-order valence-electron chi connectivity index (χ0n) is 9.82. The van der Waals surface area contributed by atoms with Gasteiger partial charge in [0.1, 0.15) is 5.75 Å². The predicted octanol–water partition coefficient (Wildman–Crippen LogP) is 1.89. The molecule has 1 aromatic rings. The molecular formula is C13H21NO2. The van der Waals surface area contributed by atoms with Crippen LogP contribution in [0.4, 0.5) is 0 Å². The lowest BCUT2D eigenvalue weighted by Crippen LogP contribution is -2.22. The summed E-state index contributed by atoms with van der Waals surface area (Å²) in [4.78, 5) is 0. The second-order valence-corrected chi connectivity index (χ2v) is 4.05. The molecule has 0 fully saturated rings. The minimum absolute atomic E-state index is 0.247. The Kier molecular flexibility index (Phi) is 5.90. The minimum atomic E-state index is 0.247. The first-order valence-corrected chi connectivity index (χ1v) is 5.86. The molecule has 3 heteroatoms. The number of aliphatic hydroxyl groups excluding tert-OH is 1. The Balaban J connectivity index is 2.32. The van der Waals surface area contributed by atoms with E-state index in [9.17, 15) is 5.11 Å². The summed E-state index contributed by atoms with van der Waals surface area (Å²) in [6.07, 6.45) is 1.90. The van der Waals surface area contributed by atoms with Gasteiger partial charge in [0.05, 0.1) is 0 Å². The number of hydrogen-bond donors (Lipinski definition) is 3. The maximum absolute atomic E-state index is 9.56. The van der Waals surface area contributed by atoms with Gasteiger partial charge in [-0.1, -0.05) is 31.5 Å². The van der Waals surface area contributed by atoms with E-state index < -0.39 is 0 Å². The van der Waals surface area contributed by atoms with Crippen LogP contribution in [0.1, 0.15) is 25.3 Å². The van der Waals surface area contributed by atoms with Crippen molar-refractivity contribution in [3.63, 3.8) is 0 Å². The van der Waals surface area contributed by atoms with Gasteiger partial charge in [-0.15, -0.1) is 0 Å². The third-order valence-electron chi connectivity index (χ3n) is 2.85. The van der Waals surface area contributed by atoms with Gasteiger partial charge in [0.2, 0.25) is 0 Å². The van der Waals surface area contributed by atoms with Crippen LogP contribution in [0.5, 0.6) is 5.75 Å². The lowest BCUT2D eigenvalue weighted by Gasteiger charge is -2.14. The Morgan fingerprint density at radius 1 is 1.31 bits per heavy atom. The highest BCUT2D eigenvalue weighted by Gasteiger charge is 2.05. The smallest absolute Gasteiger partial charge is 0.120 e. The van der Waals surface area contributed by atoms with Gasteiger partial charge >= 0.3 is 0 Å². The van der Waals surface area contributed by atoms with Crippen LogP contribution in [0, 0.1) is 5.92 Å². The summed E-state index contributed by atoms with van der Waals surface area (Å²) in [6, 6.07) is 7.35. The van der Waals surface area contributed by atoms with Crippen molar-refractivity contribution in [1.82, 2.24) is 5.32 Å². The van der Waals surface area contributed by atoms with Gasteiger partial charge < -0.3 is 15.5 Å². The molecule has 0 aliphatic carbocycles. The van der Waals surface area contributed by atoms with E-state index in [-0.39, 0.29) is 6.61 Å². The molecule has 1 rings (SSSR count). The average Bonchev–Trinajstić information content (AvgIpc) is 2.30. The molecule has 0 aromatic heterocycles. The second kappa shape index (κ2) is 7.25. The van der Waals surface area contributed by atoms with Crippen molar-refractivity contribution in [1.29, 1.82) is 0 Å². The number of rotatable bonds is 7. The van der Waals surface area contributed by atoms with Gasteiger partial charge in [-0.25, -0.2) is 0 Å². The molecule has 3 N–H and O–H groups in total. The molecule has 0 heterocycles. The van der Waals surface area contributed by atoms with E-state index in [0.717, 1.165) is 24.9 Å². The Hall–Kier alpha value is -1.06. The normalized spacial score (nSPS) is 12.6. The topological polar surface area (TPSA) is 52.5 Å². The van der Waals surface area contributed by atoms with Crippen molar-refractivity contribution >= 4 is 0 Å². The zero-order chi connectivity index (χ0) is 11.8. The van der Waals surface area contributed by atoms with Crippen LogP contribution in [0.3, 0.4) is 0 Å². The van der Waals surface area contributed by atoms with Crippen molar-refractivity contribution in [3.05, 3.63) is 29.8 Å². The Morgan fingerprint density at radius 2 is 2.06 bits per heavy atom. The molecule has 1 atom stereocenters. The van der Waals surface area contributed by atoms with E-state index >= 15 is 0 Å². The van der Waals surface area contributed by atoms with Crippen LogP contribution in [0.15, 0.2) is 24.3 Å². The fourth-order valence-electron chi connectivity index (χ4n) is 1.70. The molecule has 90 valence electrons. The Labute approximate surface area is 97.1 Å².